The van der Waals surface area contributed by atoms with Gasteiger partial charge in [0.15, 0.2) is 0 Å². The lowest BCUT2D eigenvalue weighted by molar-refractivity contribution is -0.185. The number of nitrogens with zero attached hydrogens (tertiary/aromatic N) is 3. The number of ether oxygens (including phenoxy) is 2. The molecular formula is C25H33ClFN3O5. The van der Waals surface area contributed by atoms with Gasteiger partial charge in [-0.25, -0.2) is 9.18 Å². The minimum atomic E-state index is -1.71. The van der Waals surface area contributed by atoms with Crippen molar-refractivity contribution in [1.82, 2.24) is 9.80 Å². The maximum Gasteiger partial charge on any atom is 0.407 e. The van der Waals surface area contributed by atoms with Crippen LogP contribution in [-0.4, -0.2) is 80.9 Å². The van der Waals surface area contributed by atoms with Crippen LogP contribution in [0.3, 0.4) is 0 Å². The molecular weight excluding hydrogens is 477 g/mol. The number of carboxylic acid groups (broad SMARTS) is 1. The number of methoxy groups -OCH3 is 2. The Morgan fingerprint density at radius 3 is 2.20 bits per heavy atom. The summed E-state index contributed by atoms with van der Waals surface area (Å²) in [7, 11) is 4.24. The molecule has 0 aliphatic heterocycles. The van der Waals surface area contributed by atoms with Crippen molar-refractivity contribution in [2.45, 2.75) is 19.6 Å². The van der Waals surface area contributed by atoms with Crippen LogP contribution in [0.1, 0.15) is 25.0 Å². The van der Waals surface area contributed by atoms with E-state index < -0.39 is 23.6 Å². The predicted molar refractivity (Wildman–Crippen MR) is 133 cm³/mol. The average molecular weight is 510 g/mol. The Morgan fingerprint density at radius 2 is 1.66 bits per heavy atom. The van der Waals surface area contributed by atoms with Gasteiger partial charge in [0.25, 0.3) is 0 Å². The van der Waals surface area contributed by atoms with E-state index in [-0.39, 0.29) is 18.7 Å². The standard InChI is InChI=1S/C25H33ClFN3O5/c1-6-29(7-2)14-15-30(24(32)33)17-23(31)28(3)22-13-12-18(26)16-20(22)25(34-4,35-5)19-10-8-9-11-21(19)27/h8-13,16H,6-7,14-15,17H2,1-5H3,(H,32,33). The number of anilines is 1. The molecule has 10 heteroatoms. The van der Waals surface area contributed by atoms with Gasteiger partial charge < -0.3 is 24.4 Å². The third-order valence-corrected chi connectivity index (χ3v) is 6.26. The van der Waals surface area contributed by atoms with Crippen LogP contribution in [0.5, 0.6) is 0 Å². The van der Waals surface area contributed by atoms with Crippen molar-refractivity contribution in [3.05, 3.63) is 64.4 Å². The molecule has 2 rings (SSSR count). The molecule has 0 atom stereocenters. The largest absolute Gasteiger partial charge is 0.465 e. The Labute approximate surface area is 210 Å². The van der Waals surface area contributed by atoms with Gasteiger partial charge in [-0.1, -0.05) is 43.6 Å². The molecule has 192 valence electrons. The molecule has 8 nitrogen and oxygen atoms in total. The van der Waals surface area contributed by atoms with Gasteiger partial charge in [0.05, 0.1) is 11.3 Å². The van der Waals surface area contributed by atoms with Crippen molar-refractivity contribution >= 4 is 29.3 Å². The molecule has 1 N–H and O–H groups in total. The van der Waals surface area contributed by atoms with Crippen LogP contribution in [0, 0.1) is 5.82 Å². The second-order valence-corrected chi connectivity index (χ2v) is 8.29. The fraction of sp³-hybridized carbons (Fsp3) is 0.440. The number of benzene rings is 2. The molecule has 2 amide bonds. The lowest BCUT2D eigenvalue weighted by Gasteiger charge is -2.35. The molecule has 0 fully saturated rings. The first-order chi connectivity index (χ1) is 16.6. The van der Waals surface area contributed by atoms with E-state index in [9.17, 15) is 19.1 Å². The lowest BCUT2D eigenvalue weighted by Crippen LogP contribution is -2.45. The summed E-state index contributed by atoms with van der Waals surface area (Å²) in [5.74, 6) is -2.76. The van der Waals surface area contributed by atoms with Crippen molar-refractivity contribution in [2.75, 3.05) is 58.9 Å². The van der Waals surface area contributed by atoms with E-state index in [4.69, 9.17) is 21.1 Å². The van der Waals surface area contributed by atoms with E-state index in [1.165, 1.54) is 44.4 Å². The highest BCUT2D eigenvalue weighted by Crippen LogP contribution is 2.41. The van der Waals surface area contributed by atoms with Gasteiger partial charge in [0.2, 0.25) is 11.7 Å². The minimum absolute atomic E-state index is 0.0979. The summed E-state index contributed by atoms with van der Waals surface area (Å²) in [6, 6.07) is 10.7. The monoisotopic (exact) mass is 509 g/mol. The molecule has 0 radical (unpaired) electrons. The lowest BCUT2D eigenvalue weighted by atomic mass is 9.94. The van der Waals surface area contributed by atoms with Crippen LogP contribution in [-0.2, 0) is 20.1 Å². The normalized spacial score (nSPS) is 11.5. The summed E-state index contributed by atoms with van der Waals surface area (Å²) in [4.78, 5) is 29.5. The Morgan fingerprint density at radius 1 is 1.03 bits per heavy atom. The summed E-state index contributed by atoms with van der Waals surface area (Å²) in [5.41, 5.74) is 0.724. The zero-order valence-electron chi connectivity index (χ0n) is 20.8. The van der Waals surface area contributed by atoms with E-state index in [2.05, 4.69) is 4.90 Å². The summed E-state index contributed by atoms with van der Waals surface area (Å²) in [6.07, 6.45) is -1.19. The SMILES string of the molecule is CCN(CC)CCN(CC(=O)N(C)c1ccc(Cl)cc1C(OC)(OC)c1ccccc1F)C(=O)O. The van der Waals surface area contributed by atoms with Crippen LogP contribution < -0.4 is 4.90 Å². The Kier molecular flexibility index (Phi) is 10.5. The highest BCUT2D eigenvalue weighted by atomic mass is 35.5. The second-order valence-electron chi connectivity index (χ2n) is 7.85. The first-order valence-corrected chi connectivity index (χ1v) is 11.6. The number of hydrogen-bond acceptors (Lipinski definition) is 5. The Balaban J connectivity index is 2.45. The van der Waals surface area contributed by atoms with Gasteiger partial charge in [-0.3, -0.25) is 9.69 Å². The van der Waals surface area contributed by atoms with E-state index in [1.807, 2.05) is 13.8 Å². The molecule has 0 unspecified atom stereocenters. The topological polar surface area (TPSA) is 82.5 Å². The molecule has 2 aromatic rings. The molecule has 0 aliphatic carbocycles. The first-order valence-electron chi connectivity index (χ1n) is 11.3. The third kappa shape index (κ3) is 6.49. The van der Waals surface area contributed by atoms with Crippen molar-refractivity contribution in [3.63, 3.8) is 0 Å². The van der Waals surface area contributed by atoms with Crippen LogP contribution in [0.25, 0.3) is 0 Å². The second kappa shape index (κ2) is 12.8. The zero-order valence-corrected chi connectivity index (χ0v) is 21.5. The Bertz CT molecular complexity index is 1010. The van der Waals surface area contributed by atoms with Gasteiger partial charge >= 0.3 is 6.09 Å². The van der Waals surface area contributed by atoms with Crippen LogP contribution in [0.4, 0.5) is 14.9 Å². The molecule has 0 aromatic heterocycles. The molecule has 35 heavy (non-hydrogen) atoms. The molecule has 0 heterocycles. The molecule has 0 spiro atoms. The Hall–Kier alpha value is -2.72. The van der Waals surface area contributed by atoms with Gasteiger partial charge in [-0.05, 0) is 37.4 Å². The molecule has 0 bridgehead atoms. The third-order valence-electron chi connectivity index (χ3n) is 6.03. The average Bonchev–Trinajstić information content (AvgIpc) is 2.85. The van der Waals surface area contributed by atoms with Gasteiger partial charge in [-0.2, -0.15) is 0 Å². The zero-order chi connectivity index (χ0) is 26.2. The maximum atomic E-state index is 14.9. The van der Waals surface area contributed by atoms with Crippen molar-refractivity contribution in [2.24, 2.45) is 0 Å². The molecule has 0 saturated carbocycles. The maximum absolute atomic E-state index is 14.9. The summed E-state index contributed by atoms with van der Waals surface area (Å²) >= 11 is 6.27. The van der Waals surface area contributed by atoms with E-state index in [0.717, 1.165) is 18.0 Å². The molecule has 0 aliphatic rings. The summed E-state index contributed by atoms with van der Waals surface area (Å²) < 4.78 is 26.3. The van der Waals surface area contributed by atoms with E-state index in [0.29, 0.717) is 22.8 Å². The van der Waals surface area contributed by atoms with Crippen molar-refractivity contribution in [3.8, 4) is 0 Å². The van der Waals surface area contributed by atoms with Gasteiger partial charge in [0, 0.05) is 44.9 Å². The van der Waals surface area contributed by atoms with Gasteiger partial charge in [-0.15, -0.1) is 0 Å². The fourth-order valence-corrected chi connectivity index (χ4v) is 4.08. The first kappa shape index (κ1) is 28.5. The highest BCUT2D eigenvalue weighted by molar-refractivity contribution is 6.30. The molecule has 0 saturated heterocycles. The van der Waals surface area contributed by atoms with Crippen molar-refractivity contribution in [1.29, 1.82) is 0 Å². The number of halogens is 2. The quantitative estimate of drug-likeness (QED) is 0.431. The summed E-state index contributed by atoms with van der Waals surface area (Å²) in [5, 5.41) is 9.97. The number of carbonyl (C=O) groups excluding carboxylic acids is 1. The number of carbonyl (C=O) groups is 2. The molecule has 2 aromatic carbocycles. The smallest absolute Gasteiger partial charge is 0.407 e. The summed E-state index contributed by atoms with van der Waals surface area (Å²) in [6.45, 7) is 5.86. The number of rotatable bonds is 12. The number of amides is 2. The highest BCUT2D eigenvalue weighted by Gasteiger charge is 2.40. The number of likely N-dealkylation sites (N-methyl/N-ethyl adjacent to an activating group) is 2. The predicted octanol–water partition coefficient (Wildman–Crippen LogP) is 4.26. The minimum Gasteiger partial charge on any atom is -0.465 e. The van der Waals surface area contributed by atoms with Crippen LogP contribution in [0.2, 0.25) is 5.02 Å². The number of hydrogen-bond donors (Lipinski definition) is 1. The van der Waals surface area contributed by atoms with Crippen LogP contribution >= 0.6 is 11.6 Å². The van der Waals surface area contributed by atoms with E-state index >= 15 is 0 Å². The van der Waals surface area contributed by atoms with Crippen LogP contribution in [0.15, 0.2) is 42.5 Å². The van der Waals surface area contributed by atoms with E-state index in [1.54, 1.807) is 24.3 Å². The van der Waals surface area contributed by atoms with Crippen molar-refractivity contribution < 1.29 is 28.6 Å². The van der Waals surface area contributed by atoms with Gasteiger partial charge in [0.1, 0.15) is 12.4 Å². The fourth-order valence-electron chi connectivity index (χ4n) is 3.91.